The average molecular weight is 731 g/mol. The van der Waals surface area contributed by atoms with Crippen LogP contribution in [-0.2, 0) is 0 Å². The monoisotopic (exact) mass is 730 g/mol. The molecule has 0 bridgehead atoms. The predicted molar refractivity (Wildman–Crippen MR) is 235 cm³/mol. The number of hydrogen-bond acceptors (Lipinski definition) is 2. The lowest BCUT2D eigenvalue weighted by Gasteiger charge is -2.34. The Morgan fingerprint density at radius 3 is 2.18 bits per heavy atom. The summed E-state index contributed by atoms with van der Waals surface area (Å²) in [5, 5.41) is 2.49. The van der Waals surface area contributed by atoms with Gasteiger partial charge in [-0.15, -0.1) is 0 Å². The van der Waals surface area contributed by atoms with E-state index in [0.717, 1.165) is 12.2 Å². The fourth-order valence-corrected chi connectivity index (χ4v) is 11.0. The van der Waals surface area contributed by atoms with Crippen LogP contribution in [0.3, 0.4) is 0 Å². The standard InChI is InChI=1S/C54H38N2O/c1-2-12-33(13-3-1)34-22-24-35(25-23-34)55-47-20-10-8-19-44(47)51-48(55)31-29-45-52-49(30-28-43-42-18-9-11-21-50(42)57-54(43)52)56(53(45)51)36-26-27-41-39-16-5-4-14-37(39)38-15-6-7-17-40(38)46(41)32-36/h1-31,42,44,46-47,50H,32H2. The van der Waals surface area contributed by atoms with Crippen molar-refractivity contribution in [2.24, 2.45) is 0 Å². The van der Waals surface area contributed by atoms with Crippen molar-refractivity contribution in [3.63, 3.8) is 0 Å². The number of hydrogen-bond donors (Lipinski definition) is 0. The highest BCUT2D eigenvalue weighted by Gasteiger charge is 2.42. The molecule has 270 valence electrons. The maximum absolute atomic E-state index is 6.95. The van der Waals surface area contributed by atoms with Gasteiger partial charge in [-0.2, -0.15) is 0 Å². The molecule has 5 atom stereocenters. The Kier molecular flexibility index (Phi) is 6.51. The van der Waals surface area contributed by atoms with Crippen molar-refractivity contribution in [3.8, 4) is 28.0 Å². The van der Waals surface area contributed by atoms with Gasteiger partial charge in [0.2, 0.25) is 0 Å². The van der Waals surface area contributed by atoms with Crippen molar-refractivity contribution in [2.75, 3.05) is 4.90 Å². The maximum atomic E-state index is 6.95. The van der Waals surface area contributed by atoms with Gasteiger partial charge < -0.3 is 14.2 Å². The number of allylic oxidation sites excluding steroid dienone is 8. The van der Waals surface area contributed by atoms with Gasteiger partial charge in [-0.25, -0.2) is 0 Å². The first kappa shape index (κ1) is 31.4. The van der Waals surface area contributed by atoms with Gasteiger partial charge in [-0.1, -0.05) is 146 Å². The minimum Gasteiger partial charge on any atom is -0.484 e. The zero-order chi connectivity index (χ0) is 37.2. The number of fused-ring (bicyclic) bond motifs is 17. The van der Waals surface area contributed by atoms with Crippen molar-refractivity contribution < 1.29 is 4.74 Å². The molecule has 7 aromatic rings. The van der Waals surface area contributed by atoms with E-state index in [1.54, 1.807) is 0 Å². The van der Waals surface area contributed by atoms with Crippen molar-refractivity contribution in [1.82, 2.24) is 4.57 Å². The van der Waals surface area contributed by atoms with Crippen molar-refractivity contribution in [1.29, 1.82) is 0 Å². The Hall–Kier alpha value is -6.84. The fourth-order valence-electron chi connectivity index (χ4n) is 11.0. The van der Waals surface area contributed by atoms with Crippen molar-refractivity contribution in [3.05, 3.63) is 210 Å². The SMILES string of the molecule is C1=CC2Oc3c(ccc4c3c3ccc5c(c3n4C3=CC=C4c6ccccc6-c6ccccc6C4C3)C3C=CC=CC3N5c3ccc(-c4ccccc4)cc3)C2C=C1. The van der Waals surface area contributed by atoms with E-state index in [9.17, 15) is 0 Å². The van der Waals surface area contributed by atoms with Gasteiger partial charge in [-0.3, -0.25) is 0 Å². The molecular weight excluding hydrogens is 693 g/mol. The highest BCUT2D eigenvalue weighted by Crippen LogP contribution is 2.57. The molecule has 1 aromatic heterocycles. The van der Waals surface area contributed by atoms with E-state index in [0.29, 0.717) is 0 Å². The molecular formula is C54H38N2O. The molecule has 57 heavy (non-hydrogen) atoms. The molecule has 13 rings (SSSR count). The lowest BCUT2D eigenvalue weighted by molar-refractivity contribution is 0.271. The quantitative estimate of drug-likeness (QED) is 0.180. The first-order valence-electron chi connectivity index (χ1n) is 20.4. The third kappa shape index (κ3) is 4.37. The molecule has 0 saturated heterocycles. The van der Waals surface area contributed by atoms with Crippen LogP contribution in [0.4, 0.5) is 11.4 Å². The van der Waals surface area contributed by atoms with Crippen LogP contribution in [0.2, 0.25) is 0 Å². The summed E-state index contributed by atoms with van der Waals surface area (Å²) < 4.78 is 9.58. The summed E-state index contributed by atoms with van der Waals surface area (Å²) in [6, 6.07) is 47.5. The van der Waals surface area contributed by atoms with E-state index in [2.05, 4.69) is 198 Å². The first-order valence-corrected chi connectivity index (χ1v) is 20.4. The molecule has 0 saturated carbocycles. The normalized spacial score (nSPS) is 22.9. The molecule has 4 aliphatic carbocycles. The molecule has 3 heterocycles. The van der Waals surface area contributed by atoms with Crippen molar-refractivity contribution >= 4 is 44.5 Å². The Morgan fingerprint density at radius 1 is 0.561 bits per heavy atom. The van der Waals surface area contributed by atoms with Crippen LogP contribution in [0, 0.1) is 0 Å². The van der Waals surface area contributed by atoms with Crippen LogP contribution >= 0.6 is 0 Å². The molecule has 6 aliphatic rings. The molecule has 6 aromatic carbocycles. The second-order valence-electron chi connectivity index (χ2n) is 16.2. The van der Waals surface area contributed by atoms with Gasteiger partial charge in [0.15, 0.2) is 0 Å². The number of rotatable bonds is 3. The molecule has 2 aliphatic heterocycles. The number of anilines is 2. The van der Waals surface area contributed by atoms with Gasteiger partial charge in [0, 0.05) is 51.3 Å². The van der Waals surface area contributed by atoms with Crippen LogP contribution in [-0.4, -0.2) is 16.7 Å². The Balaban J connectivity index is 1.06. The van der Waals surface area contributed by atoms with Gasteiger partial charge in [0.25, 0.3) is 0 Å². The number of benzene rings is 6. The largest absolute Gasteiger partial charge is 0.484 e. The van der Waals surface area contributed by atoms with Crippen LogP contribution in [0.5, 0.6) is 5.75 Å². The van der Waals surface area contributed by atoms with E-state index in [1.165, 1.54) is 89.0 Å². The summed E-state index contributed by atoms with van der Waals surface area (Å²) >= 11 is 0. The van der Waals surface area contributed by atoms with Crippen molar-refractivity contribution in [2.45, 2.75) is 36.3 Å². The molecule has 5 unspecified atom stereocenters. The summed E-state index contributed by atoms with van der Waals surface area (Å²) in [7, 11) is 0. The lowest BCUT2D eigenvalue weighted by Crippen LogP contribution is -2.28. The van der Waals surface area contributed by atoms with E-state index >= 15 is 0 Å². The second kappa shape index (κ2) is 11.8. The van der Waals surface area contributed by atoms with E-state index < -0.39 is 0 Å². The topological polar surface area (TPSA) is 17.4 Å². The third-order valence-corrected chi connectivity index (χ3v) is 13.4. The maximum Gasteiger partial charge on any atom is 0.134 e. The minimum absolute atomic E-state index is 0.0202. The number of ether oxygens (including phenoxy) is 1. The Morgan fingerprint density at radius 2 is 1.30 bits per heavy atom. The Labute approximate surface area is 332 Å². The number of aromatic nitrogens is 1. The minimum atomic E-state index is 0.0202. The highest BCUT2D eigenvalue weighted by atomic mass is 16.5. The predicted octanol–water partition coefficient (Wildman–Crippen LogP) is 13.3. The Bertz CT molecular complexity index is 3040. The highest BCUT2D eigenvalue weighted by molar-refractivity contribution is 6.16. The zero-order valence-corrected chi connectivity index (χ0v) is 31.3. The zero-order valence-electron chi connectivity index (χ0n) is 31.3. The molecule has 3 nitrogen and oxygen atoms in total. The third-order valence-electron chi connectivity index (χ3n) is 13.4. The smallest absolute Gasteiger partial charge is 0.134 e. The van der Waals surface area contributed by atoms with Gasteiger partial charge >= 0.3 is 0 Å². The summed E-state index contributed by atoms with van der Waals surface area (Å²) in [6.07, 6.45) is 23.9. The second-order valence-corrected chi connectivity index (χ2v) is 16.2. The first-order chi connectivity index (χ1) is 28.3. The fraction of sp³-hybridized carbons (Fsp3) is 0.111. The van der Waals surface area contributed by atoms with Gasteiger partial charge in [0.1, 0.15) is 11.9 Å². The average Bonchev–Trinajstić information content (AvgIpc) is 3.94. The summed E-state index contributed by atoms with van der Waals surface area (Å²) in [5.41, 5.74) is 18.3. The summed E-state index contributed by atoms with van der Waals surface area (Å²) in [6.45, 7) is 0. The van der Waals surface area contributed by atoms with Crippen LogP contribution in [0.15, 0.2) is 188 Å². The van der Waals surface area contributed by atoms with Gasteiger partial charge in [-0.05, 0) is 87.9 Å². The van der Waals surface area contributed by atoms with E-state index in [1.807, 2.05) is 0 Å². The molecule has 0 radical (unpaired) electrons. The molecule has 0 spiro atoms. The molecule has 0 amide bonds. The summed E-state index contributed by atoms with van der Waals surface area (Å²) in [4.78, 5) is 2.57. The lowest BCUT2D eigenvalue weighted by atomic mass is 9.72. The van der Waals surface area contributed by atoms with Crippen LogP contribution in [0.1, 0.15) is 46.4 Å². The molecule has 0 N–H and O–H groups in total. The molecule has 3 heteroatoms. The van der Waals surface area contributed by atoms with Crippen LogP contribution in [0.25, 0.3) is 55.3 Å². The van der Waals surface area contributed by atoms with E-state index in [-0.39, 0.29) is 29.9 Å². The number of nitrogens with zero attached hydrogens (tertiary/aromatic N) is 2. The molecule has 0 fully saturated rings. The van der Waals surface area contributed by atoms with Gasteiger partial charge in [0.05, 0.1) is 22.5 Å². The van der Waals surface area contributed by atoms with E-state index in [4.69, 9.17) is 4.74 Å². The summed E-state index contributed by atoms with van der Waals surface area (Å²) in [5.74, 6) is 1.71. The van der Waals surface area contributed by atoms with Crippen LogP contribution < -0.4 is 9.64 Å².